The van der Waals surface area contributed by atoms with Crippen molar-refractivity contribution in [1.29, 1.82) is 0 Å². The van der Waals surface area contributed by atoms with Gasteiger partial charge in [0.05, 0.1) is 37.1 Å². The summed E-state index contributed by atoms with van der Waals surface area (Å²) in [4.78, 5) is 15.7. The molecule has 0 atom stereocenters. The molecular formula is C33H32ClN5O2. The van der Waals surface area contributed by atoms with Crippen LogP contribution in [0.4, 0.5) is 5.69 Å². The summed E-state index contributed by atoms with van der Waals surface area (Å²) in [5.41, 5.74) is 7.69. The zero-order valence-electron chi connectivity index (χ0n) is 23.0. The van der Waals surface area contributed by atoms with Crippen molar-refractivity contribution in [3.63, 3.8) is 0 Å². The van der Waals surface area contributed by atoms with E-state index < -0.39 is 0 Å². The summed E-state index contributed by atoms with van der Waals surface area (Å²) >= 11 is 6.19. The number of fused-ring (bicyclic) bond motifs is 1. The molecule has 208 valence electrons. The number of imidazole rings is 1. The van der Waals surface area contributed by atoms with Crippen molar-refractivity contribution in [2.75, 3.05) is 38.3 Å². The van der Waals surface area contributed by atoms with Gasteiger partial charge in [-0.2, -0.15) is 0 Å². The third-order valence-corrected chi connectivity index (χ3v) is 8.80. The fourth-order valence-electron chi connectivity index (χ4n) is 5.95. The Labute approximate surface area is 244 Å². The van der Waals surface area contributed by atoms with Gasteiger partial charge >= 0.3 is 0 Å². The van der Waals surface area contributed by atoms with E-state index in [2.05, 4.69) is 75.0 Å². The lowest BCUT2D eigenvalue weighted by Gasteiger charge is -2.41. The van der Waals surface area contributed by atoms with E-state index in [9.17, 15) is 0 Å². The summed E-state index contributed by atoms with van der Waals surface area (Å²) in [7, 11) is 1.69. The number of morpholine rings is 1. The van der Waals surface area contributed by atoms with Crippen molar-refractivity contribution in [2.24, 2.45) is 0 Å². The molecule has 0 unspecified atom stereocenters. The molecule has 3 aromatic carbocycles. The Bertz CT molecular complexity index is 1680. The highest BCUT2D eigenvalue weighted by atomic mass is 35.5. The average Bonchev–Trinajstić information content (AvgIpc) is 3.40. The monoisotopic (exact) mass is 565 g/mol. The SMILES string of the molecule is COc1ccccc1-c1nc2ccc(-c3cccc(N4CCOCC4)c3)nc2n1-c1ccc(C2(NCl)CCC2)cc1. The fourth-order valence-corrected chi connectivity index (χ4v) is 6.25. The number of nitrogens with one attached hydrogen (secondary N) is 1. The van der Waals surface area contributed by atoms with Gasteiger partial charge in [-0.3, -0.25) is 4.57 Å². The maximum Gasteiger partial charge on any atom is 0.165 e. The number of anilines is 1. The molecule has 2 fully saturated rings. The maximum atomic E-state index is 6.19. The highest BCUT2D eigenvalue weighted by molar-refractivity contribution is 6.14. The number of nitrogens with zero attached hydrogens (tertiary/aromatic N) is 4. The Morgan fingerprint density at radius 3 is 2.41 bits per heavy atom. The third kappa shape index (κ3) is 4.64. The second kappa shape index (κ2) is 10.8. The van der Waals surface area contributed by atoms with E-state index in [0.29, 0.717) is 0 Å². The molecule has 0 amide bonds. The number of hydrogen-bond acceptors (Lipinski definition) is 6. The maximum absolute atomic E-state index is 6.19. The van der Waals surface area contributed by atoms with Crippen molar-refractivity contribution in [2.45, 2.75) is 24.8 Å². The molecule has 1 aliphatic carbocycles. The zero-order chi connectivity index (χ0) is 27.8. The van der Waals surface area contributed by atoms with Crippen molar-refractivity contribution < 1.29 is 9.47 Å². The first kappa shape index (κ1) is 26.0. The van der Waals surface area contributed by atoms with Gasteiger partial charge in [0.2, 0.25) is 0 Å². The van der Waals surface area contributed by atoms with Gasteiger partial charge in [-0.15, -0.1) is 0 Å². The molecule has 1 aliphatic heterocycles. The molecule has 2 aliphatic rings. The Kier molecular flexibility index (Phi) is 6.87. The van der Waals surface area contributed by atoms with Crippen LogP contribution >= 0.6 is 11.8 Å². The smallest absolute Gasteiger partial charge is 0.165 e. The van der Waals surface area contributed by atoms with Crippen LogP contribution < -0.4 is 14.5 Å². The molecular weight excluding hydrogens is 534 g/mol. The van der Waals surface area contributed by atoms with E-state index >= 15 is 0 Å². The molecule has 1 N–H and O–H groups in total. The number of para-hydroxylation sites is 1. The van der Waals surface area contributed by atoms with E-state index in [4.69, 9.17) is 31.2 Å². The van der Waals surface area contributed by atoms with Crippen LogP contribution in [0.3, 0.4) is 0 Å². The lowest BCUT2D eigenvalue weighted by atomic mass is 9.73. The van der Waals surface area contributed by atoms with Crippen LogP contribution in [0, 0.1) is 0 Å². The number of halogens is 1. The zero-order valence-corrected chi connectivity index (χ0v) is 23.8. The normalized spacial score (nSPS) is 16.5. The first-order chi connectivity index (χ1) is 20.2. The summed E-state index contributed by atoms with van der Waals surface area (Å²) in [6.45, 7) is 3.28. The Morgan fingerprint density at radius 2 is 1.68 bits per heavy atom. The van der Waals surface area contributed by atoms with Gasteiger partial charge in [0.15, 0.2) is 11.5 Å². The van der Waals surface area contributed by atoms with E-state index in [1.807, 2.05) is 24.3 Å². The van der Waals surface area contributed by atoms with Crippen LogP contribution in [0.5, 0.6) is 5.75 Å². The number of benzene rings is 3. The number of aromatic nitrogens is 3. The Hall–Kier alpha value is -3.91. The van der Waals surface area contributed by atoms with Crippen LogP contribution in [0.15, 0.2) is 84.9 Å². The first-order valence-electron chi connectivity index (χ1n) is 14.1. The lowest BCUT2D eigenvalue weighted by Crippen LogP contribution is -2.43. The summed E-state index contributed by atoms with van der Waals surface area (Å²) < 4.78 is 13.4. The van der Waals surface area contributed by atoms with Crippen LogP contribution in [0.2, 0.25) is 0 Å². The van der Waals surface area contributed by atoms with Gasteiger partial charge in [-0.25, -0.2) is 14.8 Å². The minimum absolute atomic E-state index is 0.153. The molecule has 0 spiro atoms. The van der Waals surface area contributed by atoms with E-state index in [-0.39, 0.29) is 5.54 Å². The molecule has 41 heavy (non-hydrogen) atoms. The highest BCUT2D eigenvalue weighted by Crippen LogP contribution is 2.42. The predicted molar refractivity (Wildman–Crippen MR) is 164 cm³/mol. The number of ether oxygens (including phenoxy) is 2. The van der Waals surface area contributed by atoms with Gasteiger partial charge in [0.1, 0.15) is 11.3 Å². The van der Waals surface area contributed by atoms with Gasteiger partial charge in [-0.05, 0) is 85.1 Å². The standard InChI is InChI=1S/C33H32ClN5O2/c1-40-30-9-3-2-8-27(30)31-36-29-15-14-28(23-6-4-7-26(22-23)38-18-20-41-21-19-38)35-32(29)39(31)25-12-10-24(11-13-25)33(37-34)16-5-17-33/h2-4,6-15,22,37H,5,16-21H2,1H3. The number of hydrogen-bond donors (Lipinski definition) is 1. The molecule has 3 heterocycles. The molecule has 0 radical (unpaired) electrons. The average molecular weight is 566 g/mol. The van der Waals surface area contributed by atoms with Crippen molar-refractivity contribution in [3.8, 4) is 34.1 Å². The van der Waals surface area contributed by atoms with Crippen molar-refractivity contribution >= 4 is 28.6 Å². The third-order valence-electron chi connectivity index (χ3n) is 8.44. The molecule has 7 rings (SSSR count). The number of pyridine rings is 1. The summed E-state index contributed by atoms with van der Waals surface area (Å²) in [5, 5.41) is 0. The van der Waals surface area contributed by atoms with Crippen molar-refractivity contribution in [3.05, 3.63) is 90.5 Å². The van der Waals surface area contributed by atoms with Gasteiger partial charge in [0.25, 0.3) is 0 Å². The Balaban J connectivity index is 1.37. The van der Waals surface area contributed by atoms with Gasteiger partial charge in [0, 0.05) is 30.0 Å². The van der Waals surface area contributed by atoms with Gasteiger partial charge in [-0.1, -0.05) is 36.4 Å². The Morgan fingerprint density at radius 1 is 0.878 bits per heavy atom. The van der Waals surface area contributed by atoms with Crippen molar-refractivity contribution in [1.82, 2.24) is 19.4 Å². The lowest BCUT2D eigenvalue weighted by molar-refractivity contribution is 0.122. The predicted octanol–water partition coefficient (Wildman–Crippen LogP) is 6.72. The van der Waals surface area contributed by atoms with E-state index in [1.165, 1.54) is 17.7 Å². The summed E-state index contributed by atoms with van der Waals surface area (Å²) in [6.07, 6.45) is 3.24. The van der Waals surface area contributed by atoms with Crippen LogP contribution in [-0.2, 0) is 10.3 Å². The first-order valence-corrected chi connectivity index (χ1v) is 14.5. The quantitative estimate of drug-likeness (QED) is 0.221. The van der Waals surface area contributed by atoms with Crippen LogP contribution in [0.25, 0.3) is 39.5 Å². The minimum atomic E-state index is -0.153. The number of methoxy groups -OCH3 is 1. The molecule has 1 saturated heterocycles. The molecule has 5 aromatic rings. The van der Waals surface area contributed by atoms with E-state index in [0.717, 1.165) is 84.4 Å². The fraction of sp³-hybridized carbons (Fsp3) is 0.273. The topological polar surface area (TPSA) is 64.4 Å². The van der Waals surface area contributed by atoms with E-state index in [1.54, 1.807) is 7.11 Å². The molecule has 1 saturated carbocycles. The second-order valence-electron chi connectivity index (χ2n) is 10.7. The molecule has 2 aromatic heterocycles. The van der Waals surface area contributed by atoms with Gasteiger partial charge < -0.3 is 14.4 Å². The summed E-state index contributed by atoms with van der Waals surface area (Å²) in [5.74, 6) is 1.55. The largest absolute Gasteiger partial charge is 0.496 e. The highest BCUT2D eigenvalue weighted by Gasteiger charge is 2.38. The number of rotatable bonds is 7. The second-order valence-corrected chi connectivity index (χ2v) is 10.9. The molecule has 8 heteroatoms. The minimum Gasteiger partial charge on any atom is -0.496 e. The van der Waals surface area contributed by atoms with Crippen LogP contribution in [-0.4, -0.2) is 47.9 Å². The summed E-state index contributed by atoms with van der Waals surface area (Å²) in [6, 6.07) is 29.3. The van der Waals surface area contributed by atoms with Crippen LogP contribution in [0.1, 0.15) is 24.8 Å². The molecule has 0 bridgehead atoms. The molecule has 7 nitrogen and oxygen atoms in total.